The topological polar surface area (TPSA) is 102 Å². The number of aryl methyl sites for hydroxylation is 1. The molecule has 10 heteroatoms. The van der Waals surface area contributed by atoms with Crippen LogP contribution in [0.1, 0.15) is 16.1 Å². The van der Waals surface area contributed by atoms with Crippen molar-refractivity contribution >= 4 is 46.2 Å². The highest BCUT2D eigenvalue weighted by atomic mass is 35.5. The number of methoxy groups -OCH3 is 1. The van der Waals surface area contributed by atoms with E-state index in [2.05, 4.69) is 25.1 Å². The van der Waals surface area contributed by atoms with Crippen LogP contribution in [0.3, 0.4) is 0 Å². The molecule has 0 saturated carbocycles. The van der Waals surface area contributed by atoms with Crippen LogP contribution in [0.25, 0.3) is 11.0 Å². The molecule has 0 aliphatic heterocycles. The second-order valence-corrected chi connectivity index (χ2v) is 5.99. The van der Waals surface area contributed by atoms with Crippen LogP contribution in [0.5, 0.6) is 0 Å². The minimum Gasteiger partial charge on any atom is -0.464 e. The van der Waals surface area contributed by atoms with Gasteiger partial charge in [0.05, 0.1) is 17.2 Å². The summed E-state index contributed by atoms with van der Waals surface area (Å²) in [6, 6.07) is 5.18. The van der Waals surface area contributed by atoms with Crippen LogP contribution >= 0.6 is 23.2 Å². The number of fused-ring (bicyclic) bond motifs is 1. The average molecular weight is 382 g/mol. The van der Waals surface area contributed by atoms with Crippen molar-refractivity contribution in [2.45, 2.75) is 6.54 Å². The number of H-pyrrole nitrogens is 1. The van der Waals surface area contributed by atoms with Gasteiger partial charge in [0.1, 0.15) is 5.52 Å². The second-order valence-electron chi connectivity index (χ2n) is 5.18. The highest BCUT2D eigenvalue weighted by molar-refractivity contribution is 6.42. The number of aromatic amines is 1. The van der Waals surface area contributed by atoms with Crippen LogP contribution < -0.4 is 10.9 Å². The molecule has 2 heterocycles. The lowest BCUT2D eigenvalue weighted by Gasteiger charge is -2.07. The first-order valence-electron chi connectivity index (χ1n) is 7.14. The smallest absolute Gasteiger partial charge is 0.360 e. The number of hydrogen-bond donors (Lipinski definition) is 2. The molecular formula is C15H13Cl2N5O3. The SMILES string of the molecule is COC(=O)c1nn(C)c2c(=O)[nH]c(NCc3ccc(Cl)c(Cl)c3)nc12. The number of anilines is 1. The third-order valence-electron chi connectivity index (χ3n) is 3.52. The minimum absolute atomic E-state index is 0.0244. The van der Waals surface area contributed by atoms with Crippen LogP contribution in [-0.2, 0) is 18.3 Å². The van der Waals surface area contributed by atoms with E-state index in [1.807, 2.05) is 0 Å². The number of ether oxygens (including phenoxy) is 1. The normalized spacial score (nSPS) is 10.9. The fraction of sp³-hybridized carbons (Fsp3) is 0.200. The third kappa shape index (κ3) is 3.31. The van der Waals surface area contributed by atoms with Crippen LogP contribution in [0.4, 0.5) is 5.95 Å². The van der Waals surface area contributed by atoms with Gasteiger partial charge >= 0.3 is 5.97 Å². The molecule has 0 radical (unpaired) electrons. The Kier molecular flexibility index (Phi) is 4.65. The molecule has 0 atom stereocenters. The molecule has 8 nitrogen and oxygen atoms in total. The number of hydrogen-bond acceptors (Lipinski definition) is 6. The molecule has 1 aromatic carbocycles. The number of aromatic nitrogens is 4. The molecule has 0 fully saturated rings. The Labute approximate surface area is 151 Å². The van der Waals surface area contributed by atoms with Gasteiger partial charge in [0.25, 0.3) is 5.56 Å². The number of nitrogens with zero attached hydrogens (tertiary/aromatic N) is 3. The van der Waals surface area contributed by atoms with E-state index in [-0.39, 0.29) is 22.7 Å². The van der Waals surface area contributed by atoms with Gasteiger partial charge in [-0.25, -0.2) is 9.78 Å². The largest absolute Gasteiger partial charge is 0.464 e. The maximum Gasteiger partial charge on any atom is 0.360 e. The molecule has 0 bridgehead atoms. The molecule has 130 valence electrons. The Morgan fingerprint density at radius 3 is 2.80 bits per heavy atom. The fourth-order valence-electron chi connectivity index (χ4n) is 2.33. The van der Waals surface area contributed by atoms with Crippen molar-refractivity contribution in [3.05, 3.63) is 49.9 Å². The zero-order valence-electron chi connectivity index (χ0n) is 13.3. The van der Waals surface area contributed by atoms with Crippen LogP contribution in [0.15, 0.2) is 23.0 Å². The zero-order chi connectivity index (χ0) is 18.1. The molecule has 2 aromatic heterocycles. The van der Waals surface area contributed by atoms with Gasteiger partial charge in [0.15, 0.2) is 11.2 Å². The number of nitrogens with one attached hydrogen (secondary N) is 2. The van der Waals surface area contributed by atoms with E-state index in [4.69, 9.17) is 23.2 Å². The van der Waals surface area contributed by atoms with Crippen molar-refractivity contribution in [3.8, 4) is 0 Å². The van der Waals surface area contributed by atoms with Crippen LogP contribution in [0.2, 0.25) is 10.0 Å². The first kappa shape index (κ1) is 17.2. The lowest BCUT2D eigenvalue weighted by Crippen LogP contribution is -2.15. The molecule has 25 heavy (non-hydrogen) atoms. The summed E-state index contributed by atoms with van der Waals surface area (Å²) in [6.45, 7) is 0.346. The number of halogens is 2. The number of carbonyl (C=O) groups excluding carboxylic acids is 1. The van der Waals surface area contributed by atoms with Gasteiger partial charge < -0.3 is 10.1 Å². The molecule has 2 N–H and O–H groups in total. The van der Waals surface area contributed by atoms with Crippen molar-refractivity contribution in [2.24, 2.45) is 7.05 Å². The molecular weight excluding hydrogens is 369 g/mol. The van der Waals surface area contributed by atoms with Gasteiger partial charge in [0, 0.05) is 13.6 Å². The van der Waals surface area contributed by atoms with E-state index in [9.17, 15) is 9.59 Å². The molecule has 0 saturated heterocycles. The molecule has 0 unspecified atom stereocenters. The van der Waals surface area contributed by atoms with Gasteiger partial charge in [-0.2, -0.15) is 5.10 Å². The van der Waals surface area contributed by atoms with Crippen molar-refractivity contribution < 1.29 is 9.53 Å². The maximum absolute atomic E-state index is 12.3. The predicted octanol–water partition coefficient (Wildman–Crippen LogP) is 2.36. The quantitative estimate of drug-likeness (QED) is 0.672. The van der Waals surface area contributed by atoms with E-state index < -0.39 is 11.5 Å². The van der Waals surface area contributed by atoms with E-state index in [0.29, 0.717) is 16.6 Å². The predicted molar refractivity (Wildman–Crippen MR) is 94.3 cm³/mol. The summed E-state index contributed by atoms with van der Waals surface area (Å²) < 4.78 is 5.96. The van der Waals surface area contributed by atoms with Gasteiger partial charge in [-0.05, 0) is 17.7 Å². The Balaban J connectivity index is 1.95. The van der Waals surface area contributed by atoms with Gasteiger partial charge in [-0.15, -0.1) is 0 Å². The Morgan fingerprint density at radius 2 is 2.12 bits per heavy atom. The lowest BCUT2D eigenvalue weighted by molar-refractivity contribution is 0.0595. The van der Waals surface area contributed by atoms with Crippen LogP contribution in [0, 0.1) is 0 Å². The molecule has 3 rings (SSSR count). The average Bonchev–Trinajstić information content (AvgIpc) is 2.92. The summed E-state index contributed by atoms with van der Waals surface area (Å²) in [5.41, 5.74) is 0.738. The zero-order valence-corrected chi connectivity index (χ0v) is 14.8. The first-order chi connectivity index (χ1) is 11.9. The molecule has 0 aliphatic rings. The Morgan fingerprint density at radius 1 is 1.36 bits per heavy atom. The number of benzene rings is 1. The van der Waals surface area contributed by atoms with Gasteiger partial charge in [-0.3, -0.25) is 14.5 Å². The van der Waals surface area contributed by atoms with Crippen molar-refractivity contribution in [1.29, 1.82) is 0 Å². The standard InChI is InChI=1S/C15H13Cl2N5O3/c1-22-12-10(11(21-22)14(24)25-2)19-15(20-13(12)23)18-6-7-3-4-8(16)9(17)5-7/h3-5H,6H2,1-2H3,(H2,18,19,20,23). The minimum atomic E-state index is -0.667. The van der Waals surface area contributed by atoms with E-state index in [0.717, 1.165) is 5.56 Å². The summed E-state index contributed by atoms with van der Waals surface area (Å²) >= 11 is 11.9. The third-order valence-corrected chi connectivity index (χ3v) is 4.25. The molecule has 3 aromatic rings. The monoisotopic (exact) mass is 381 g/mol. The van der Waals surface area contributed by atoms with Gasteiger partial charge in [0.2, 0.25) is 5.95 Å². The van der Waals surface area contributed by atoms with E-state index in [1.165, 1.54) is 11.8 Å². The summed E-state index contributed by atoms with van der Waals surface area (Å²) in [5, 5.41) is 7.86. The summed E-state index contributed by atoms with van der Waals surface area (Å²) in [5.74, 6) is -0.471. The highest BCUT2D eigenvalue weighted by Gasteiger charge is 2.21. The van der Waals surface area contributed by atoms with Crippen molar-refractivity contribution in [1.82, 2.24) is 19.7 Å². The molecule has 0 aliphatic carbocycles. The molecule has 0 amide bonds. The number of carbonyl (C=O) groups is 1. The number of esters is 1. The van der Waals surface area contributed by atoms with Crippen LogP contribution in [-0.4, -0.2) is 32.8 Å². The summed E-state index contributed by atoms with van der Waals surface area (Å²) in [4.78, 5) is 31.0. The Bertz CT molecular complexity index is 1030. The van der Waals surface area contributed by atoms with Crippen molar-refractivity contribution in [2.75, 3.05) is 12.4 Å². The summed E-state index contributed by atoms with van der Waals surface area (Å²) in [7, 11) is 2.79. The van der Waals surface area contributed by atoms with Gasteiger partial charge in [-0.1, -0.05) is 29.3 Å². The second kappa shape index (κ2) is 6.73. The molecule has 0 spiro atoms. The number of rotatable bonds is 4. The Hall–Kier alpha value is -2.58. The highest BCUT2D eigenvalue weighted by Crippen LogP contribution is 2.23. The lowest BCUT2D eigenvalue weighted by atomic mass is 10.2. The maximum atomic E-state index is 12.3. The first-order valence-corrected chi connectivity index (χ1v) is 7.89. The fourth-order valence-corrected chi connectivity index (χ4v) is 2.65. The van der Waals surface area contributed by atoms with Crippen molar-refractivity contribution in [3.63, 3.8) is 0 Å². The van der Waals surface area contributed by atoms with E-state index in [1.54, 1.807) is 25.2 Å². The van der Waals surface area contributed by atoms with E-state index >= 15 is 0 Å². The summed E-state index contributed by atoms with van der Waals surface area (Å²) in [6.07, 6.45) is 0.